The van der Waals surface area contributed by atoms with E-state index in [0.717, 1.165) is 36.3 Å². The summed E-state index contributed by atoms with van der Waals surface area (Å²) in [5, 5.41) is 59.3. The maximum absolute atomic E-state index is 15.8. The summed E-state index contributed by atoms with van der Waals surface area (Å²) in [5.41, 5.74) is 26.4. The average molecular weight is 1880 g/mol. The molecule has 134 heavy (non-hydrogen) atoms. The largest absolute Gasteiger partial charge is 0.508 e. The Morgan fingerprint density at radius 1 is 0.560 bits per heavy atom. The minimum Gasteiger partial charge on any atom is -0.508 e. The smallest absolute Gasteiger partial charge is 0.303 e. The Bertz CT molecular complexity index is 5210. The van der Waals surface area contributed by atoms with E-state index >= 15 is 33.6 Å². The quantitative estimate of drug-likeness (QED) is 0.0261. The minimum absolute atomic E-state index is 0.000423. The summed E-state index contributed by atoms with van der Waals surface area (Å²) in [6, 6.07) is -2.19. The number of aliphatic hydroxyl groups excluding tert-OH is 1. The van der Waals surface area contributed by atoms with E-state index < -0.39 is 261 Å². The van der Waals surface area contributed by atoms with Crippen molar-refractivity contribution < 1.29 is 102 Å². The van der Waals surface area contributed by atoms with Crippen molar-refractivity contribution in [3.05, 3.63) is 120 Å². The van der Waals surface area contributed by atoms with Crippen molar-refractivity contribution in [1.82, 2.24) is 97.6 Å². The lowest BCUT2D eigenvalue weighted by atomic mass is 9.97. The van der Waals surface area contributed by atoms with Gasteiger partial charge in [0.05, 0.1) is 36.8 Å². The Morgan fingerprint density at radius 3 is 1.71 bits per heavy atom. The van der Waals surface area contributed by atoms with Crippen LogP contribution in [0.15, 0.2) is 97.7 Å². The second-order valence-corrected chi connectivity index (χ2v) is 35.3. The van der Waals surface area contributed by atoms with Crippen molar-refractivity contribution in [2.45, 2.75) is 221 Å². The zero-order valence-corrected chi connectivity index (χ0v) is 76.6. The molecule has 17 amide bonds. The first-order valence-corrected chi connectivity index (χ1v) is 45.6. The van der Waals surface area contributed by atoms with E-state index in [1.165, 1.54) is 64.9 Å². The number of primary amides is 2. The molecule has 0 radical (unpaired) electrons. The van der Waals surface area contributed by atoms with Crippen LogP contribution in [0.2, 0.25) is 0 Å². The molecule has 9 rings (SSSR count). The van der Waals surface area contributed by atoms with E-state index in [0.29, 0.717) is 51.3 Å². The van der Waals surface area contributed by atoms with Gasteiger partial charge in [-0.2, -0.15) is 0 Å². The highest BCUT2D eigenvalue weighted by molar-refractivity contribution is 8.00. The molecule has 3 aliphatic rings. The number of rotatable bonds is 25. The predicted molar refractivity (Wildman–Crippen MR) is 488 cm³/mol. The third-order valence-corrected chi connectivity index (χ3v) is 24.9. The van der Waals surface area contributed by atoms with Crippen LogP contribution in [0.3, 0.4) is 0 Å². The van der Waals surface area contributed by atoms with Gasteiger partial charge in [-0.25, -0.2) is 4.98 Å². The number of phenols is 1. The number of carboxylic acids is 1. The number of carboxylic acid groups (broad SMARTS) is 1. The highest BCUT2D eigenvalue weighted by Crippen LogP contribution is 2.28. The number of aliphatic carboxylic acids is 1. The lowest BCUT2D eigenvalue weighted by molar-refractivity contribution is -0.149. The van der Waals surface area contributed by atoms with Gasteiger partial charge in [0.15, 0.2) is 0 Å². The van der Waals surface area contributed by atoms with Gasteiger partial charge < -0.3 is 131 Å². The Kier molecular flexibility index (Phi) is 38.3. The number of amides is 17. The molecule has 44 nitrogen and oxygen atoms in total. The molecule has 3 fully saturated rings. The number of aromatic nitrogens is 4. The highest BCUT2D eigenvalue weighted by atomic mass is 32.2. The van der Waals surface area contributed by atoms with E-state index in [2.05, 4.69) is 73.1 Å². The highest BCUT2D eigenvalue weighted by Gasteiger charge is 2.47. The van der Waals surface area contributed by atoms with E-state index in [4.69, 9.17) is 22.9 Å². The fraction of sp³-hybridized carbons (Fsp3) is 0.517. The van der Waals surface area contributed by atoms with Crippen molar-refractivity contribution in [2.75, 3.05) is 65.4 Å². The van der Waals surface area contributed by atoms with Gasteiger partial charge in [0.25, 0.3) is 0 Å². The van der Waals surface area contributed by atoms with Gasteiger partial charge in [-0.05, 0) is 98.9 Å². The molecule has 3 aliphatic heterocycles. The van der Waals surface area contributed by atoms with Gasteiger partial charge in [-0.1, -0.05) is 82.1 Å². The minimum atomic E-state index is -1.84. The van der Waals surface area contributed by atoms with Crippen LogP contribution in [-0.4, -0.2) is 322 Å². The van der Waals surface area contributed by atoms with Crippen LogP contribution in [0, 0.1) is 5.92 Å². The molecule has 0 spiro atoms. The molecule has 15 atom stereocenters. The summed E-state index contributed by atoms with van der Waals surface area (Å²) in [6.07, 6.45) is 0.460. The normalized spacial score (nSPS) is 24.9. The number of H-pyrrole nitrogens is 3. The lowest BCUT2D eigenvalue weighted by Gasteiger charge is -2.37. The fourth-order valence-corrected chi connectivity index (χ4v) is 17.4. The summed E-state index contributed by atoms with van der Waals surface area (Å²) in [6.45, 7) is 4.49. The van der Waals surface area contributed by atoms with Crippen LogP contribution in [0.1, 0.15) is 127 Å². The number of carbonyl (C=O) groups is 18. The van der Waals surface area contributed by atoms with Crippen LogP contribution >= 0.6 is 11.8 Å². The molecule has 45 heteroatoms. The van der Waals surface area contributed by atoms with Crippen molar-refractivity contribution in [3.8, 4) is 5.75 Å². The Hall–Kier alpha value is -13.6. The van der Waals surface area contributed by atoms with Gasteiger partial charge >= 0.3 is 5.97 Å². The second kappa shape index (κ2) is 49.3. The van der Waals surface area contributed by atoms with Crippen LogP contribution in [-0.2, 0) is 112 Å². The van der Waals surface area contributed by atoms with E-state index in [1.54, 1.807) is 74.8 Å². The molecule has 3 aromatic carbocycles. The molecular formula is C89H123N23O21S. The third-order valence-electron chi connectivity index (χ3n) is 23.8. The molecule has 6 aromatic rings. The van der Waals surface area contributed by atoms with E-state index in [-0.39, 0.29) is 87.6 Å². The Labute approximate surface area is 776 Å². The molecule has 3 saturated heterocycles. The number of thioether (sulfide) groups is 1. The number of aliphatic hydroxyl groups is 1. The first-order chi connectivity index (χ1) is 63.8. The number of fused-ring (bicyclic) bond motifs is 4. The monoisotopic (exact) mass is 1880 g/mol. The number of hydrogen-bond donors (Lipinski definition) is 20. The number of nitrogens with two attached hydrogens (primary N) is 4. The fourth-order valence-electron chi connectivity index (χ4n) is 16.5. The van der Waals surface area contributed by atoms with Gasteiger partial charge in [0.1, 0.15) is 84.3 Å². The number of unbranched alkanes of at least 4 members (excludes halogenated alkanes) is 1. The second-order valence-electron chi connectivity index (χ2n) is 34.3. The average Bonchev–Trinajstić information content (AvgIpc) is 1.51. The molecule has 0 unspecified atom stereocenters. The van der Waals surface area contributed by atoms with Crippen LogP contribution in [0.5, 0.6) is 5.75 Å². The number of likely N-dealkylation sites (N-methyl/N-ethyl adjacent to an activating group) is 3. The first-order valence-electron chi connectivity index (χ1n) is 44.5. The van der Waals surface area contributed by atoms with Crippen molar-refractivity contribution in [2.24, 2.45) is 28.9 Å². The van der Waals surface area contributed by atoms with Crippen LogP contribution < -0.4 is 76.1 Å². The number of nitrogens with one attached hydrogen (secondary N) is 13. The summed E-state index contributed by atoms with van der Waals surface area (Å²) < 4.78 is 0. The van der Waals surface area contributed by atoms with E-state index in [9.17, 15) is 68.1 Å². The van der Waals surface area contributed by atoms with Gasteiger partial charge in [-0.15, -0.1) is 11.8 Å². The number of carbonyl (C=O) groups excluding carboxylic acids is 17. The maximum Gasteiger partial charge on any atom is 0.303 e. The number of para-hydroxylation sites is 2. The predicted octanol–water partition coefficient (Wildman–Crippen LogP) is -3.81. The number of aromatic hydroxyl groups is 1. The Morgan fingerprint density at radius 2 is 1.11 bits per heavy atom. The molecule has 6 heterocycles. The summed E-state index contributed by atoms with van der Waals surface area (Å²) in [7, 11) is 3.91. The maximum atomic E-state index is 15.8. The van der Waals surface area contributed by atoms with Crippen LogP contribution in [0.25, 0.3) is 21.8 Å². The SMILES string of the molecule is CCCC[C@H]1C(=O)N[C@@H](CN)C(=O)N[C@H](CC(=O)NCC(N)=O)CSCC(=O)N[C@@H](Cc2ccc(O)cc2)C(=O)N(C)[C@@H](C)C(=O)N[C@@H](CC(N)=O)C(=O)N2CCC[C@H]2C(=O)N[C@@H](Cc2c[nH]cn2)C(=O)N[C@@H](CCC(=O)O)C(=O)N2C[C@H](O)C[C@H]2C(=O)N[C@@H](Cc2c[nH]c3ccccc23)C(=O)N[C@@H](CCN)C(=O)N[C@@H](Cc2c[nH]c3ccccc23)C(=O)N(C)[C@@H](CC(C)C)C(=O)N1C. The van der Waals surface area contributed by atoms with Crippen molar-refractivity contribution in [3.63, 3.8) is 0 Å². The zero-order chi connectivity index (χ0) is 97.9. The number of hydrogen-bond acceptors (Lipinski definition) is 24. The number of aromatic amines is 3. The number of imidazole rings is 1. The summed E-state index contributed by atoms with van der Waals surface area (Å²) in [5.74, 6) is -18.8. The first kappa shape index (κ1) is 104. The van der Waals surface area contributed by atoms with Crippen molar-refractivity contribution >= 4 is 140 Å². The molecule has 0 saturated carbocycles. The molecule has 3 aromatic heterocycles. The van der Waals surface area contributed by atoms with E-state index in [1.807, 2.05) is 6.92 Å². The summed E-state index contributed by atoms with van der Waals surface area (Å²) >= 11 is 0.857. The molecule has 0 aliphatic carbocycles. The van der Waals surface area contributed by atoms with Gasteiger partial charge in [0.2, 0.25) is 100 Å². The number of nitrogens with zero attached hydrogens (tertiary/aromatic N) is 6. The zero-order valence-electron chi connectivity index (χ0n) is 75.8. The topological polar surface area (TPSA) is 669 Å². The van der Waals surface area contributed by atoms with Crippen LogP contribution in [0.4, 0.5) is 0 Å². The van der Waals surface area contributed by atoms with Crippen molar-refractivity contribution in [1.29, 1.82) is 0 Å². The number of benzene rings is 3. The standard InChI is InChI=1S/C89H123N23O21S/c1-8-9-19-68-82(126)107-67(38-91)81(125)99-53(35-74(117)97-42-73(93)116)44-134-45-75(118)100-64(31-49-21-23-54(113)24-22-49)85(129)108(5)48(4)77(121)105-66(37-72(92)115)88(132)111-29-14-20-69(111)83(127)104-63(34-52-41-94-46-98-52)80(124)102-61(25-26-76(119)120)87(131)112-43-55(114)36-70(112)84(128)103-62(32-50-39-95-58-17-12-10-15-56(50)58)79(123)101-60(27-28-90)78(122)106-65(33-51-40-96-59-18-13-11-16-57(51)59)86(130)110(7)71(30-47(2)3)89(133)109(68)6/h10-13,15-18,21-24,39-41,46-48,53,55,60-71,95-96,113-114H,8-9,14,19-20,25-38,42-45,90-91H2,1-7H3,(H2,92,115)(H2,93,116)(H,94,98)(H,97,117)(H,99,125)(H,100,118)(H,101,123)(H,102,124)(H,103,128)(H,104,127)(H,105,121)(H,106,122)(H,107,126)(H,119,120)/t48-,53+,55+,60-,61-,62-,63-,64-,65-,66-,67-,68-,69-,70-,71-/m0/s1. The van der Waals surface area contributed by atoms with Gasteiger partial charge in [-0.3, -0.25) is 86.3 Å². The Balaban J connectivity index is 1.10. The number of phenolic OH excluding ortho intramolecular Hbond substituents is 1. The molecule has 24 N–H and O–H groups in total. The summed E-state index contributed by atoms with van der Waals surface area (Å²) in [4.78, 5) is 280. The third kappa shape index (κ3) is 28.7. The molecule has 726 valence electrons. The molecular weight excluding hydrogens is 1760 g/mol. The molecule has 0 bridgehead atoms. The lowest BCUT2D eigenvalue weighted by Crippen LogP contribution is -2.61. The van der Waals surface area contributed by atoms with Gasteiger partial charge in [0, 0.05) is 138 Å².